The number of imidazole rings is 1. The summed E-state index contributed by atoms with van der Waals surface area (Å²) in [6, 6.07) is 9.97. The number of aromatic nitrogens is 2. The molecule has 1 aliphatic carbocycles. The molecule has 8 nitrogen and oxygen atoms in total. The van der Waals surface area contributed by atoms with Gasteiger partial charge in [-0.1, -0.05) is 70.9 Å². The van der Waals surface area contributed by atoms with Crippen LogP contribution in [-0.4, -0.2) is 60.0 Å². The monoisotopic (exact) mass is 633 g/mol. The molecule has 0 bridgehead atoms. The van der Waals surface area contributed by atoms with Gasteiger partial charge in [-0.15, -0.1) is 12.8 Å². The standard InChI is InChI=1S/C24H31N3O2.C9H17N.C2H6.C2H2.CH3NO/c1-3-21(29)13-9-4-5-10-14-24-26-17-23(27-24)20(18-28)15-16-22(25-2)19-11-7-6-8-12-19;1-2-10-7-5-9(3-4-9)6-8-10;2*1-2;2-1-3/h6-8,11-12,15-18,25H,3-5,9-10,13-14H2,1-2H3,(H,26,27);2-8H2,1H3;1-2H3;1-2H;1H,(H2,2,3)/b20-15+,22-16-;;;;. The molecular formula is C38H59N5O3. The predicted octanol–water partition coefficient (Wildman–Crippen LogP) is 6.98. The second-order valence-electron chi connectivity index (χ2n) is 11.1. The first-order valence-corrected chi connectivity index (χ1v) is 16.8. The van der Waals surface area contributed by atoms with Crippen molar-refractivity contribution in [3.05, 3.63) is 65.8 Å². The Hall–Kier alpha value is -3.96. The zero-order valence-corrected chi connectivity index (χ0v) is 29.0. The summed E-state index contributed by atoms with van der Waals surface area (Å²) in [4.78, 5) is 41.7. The number of nitrogens with two attached hydrogens (primary N) is 1. The van der Waals surface area contributed by atoms with Crippen LogP contribution in [0.3, 0.4) is 0 Å². The second kappa shape index (κ2) is 26.3. The Kier molecular flexibility index (Phi) is 24.0. The molecule has 1 aliphatic heterocycles. The van der Waals surface area contributed by atoms with E-state index in [-0.39, 0.29) is 6.41 Å². The van der Waals surface area contributed by atoms with Crippen LogP contribution in [0.15, 0.2) is 48.7 Å². The molecule has 1 aromatic heterocycles. The van der Waals surface area contributed by atoms with Crippen molar-refractivity contribution in [1.29, 1.82) is 0 Å². The molecule has 4 rings (SSSR count). The van der Waals surface area contributed by atoms with Crippen molar-refractivity contribution in [2.45, 2.75) is 98.3 Å². The number of hydrogen-bond acceptors (Lipinski definition) is 6. The molecule has 0 unspecified atom stereocenters. The largest absolute Gasteiger partial charge is 0.388 e. The maximum Gasteiger partial charge on any atom is 0.204 e. The van der Waals surface area contributed by atoms with Gasteiger partial charge in [0, 0.05) is 37.6 Å². The Bertz CT molecular complexity index is 1170. The number of ketones is 1. The number of likely N-dealkylation sites (tertiary alicyclic amines) is 1. The first-order chi connectivity index (χ1) is 22.4. The van der Waals surface area contributed by atoms with Crippen LogP contribution in [0, 0.1) is 18.3 Å². The van der Waals surface area contributed by atoms with Crippen molar-refractivity contribution in [3.8, 4) is 12.8 Å². The van der Waals surface area contributed by atoms with Crippen LogP contribution in [0.2, 0.25) is 0 Å². The Morgan fingerprint density at radius 3 is 2.13 bits per heavy atom. The minimum absolute atomic E-state index is 0.250. The fourth-order valence-corrected chi connectivity index (χ4v) is 5.11. The van der Waals surface area contributed by atoms with Gasteiger partial charge in [-0.25, -0.2) is 4.98 Å². The number of terminal acetylenes is 1. The molecular weight excluding hydrogens is 574 g/mol. The lowest BCUT2D eigenvalue weighted by atomic mass is 9.94. The first kappa shape index (κ1) is 42.0. The summed E-state index contributed by atoms with van der Waals surface area (Å²) < 4.78 is 0. The normalized spacial score (nSPS) is 14.8. The van der Waals surface area contributed by atoms with E-state index >= 15 is 0 Å². The average Bonchev–Trinajstić information content (AvgIpc) is 3.70. The van der Waals surface area contributed by atoms with Crippen molar-refractivity contribution < 1.29 is 14.4 Å². The number of rotatable bonds is 14. The summed E-state index contributed by atoms with van der Waals surface area (Å²) in [6.07, 6.45) is 26.8. The van der Waals surface area contributed by atoms with E-state index in [4.69, 9.17) is 4.79 Å². The highest BCUT2D eigenvalue weighted by Gasteiger charge is 2.43. The maximum atomic E-state index is 11.6. The van der Waals surface area contributed by atoms with Crippen molar-refractivity contribution in [2.24, 2.45) is 11.1 Å². The molecule has 46 heavy (non-hydrogen) atoms. The molecule has 1 spiro atoms. The molecule has 4 N–H and O–H groups in total. The number of Topliss-reactive ketones (excluding diaryl/α,β-unsaturated/α-hetero) is 1. The third-order valence-corrected chi connectivity index (χ3v) is 8.18. The third kappa shape index (κ3) is 16.9. The van der Waals surface area contributed by atoms with E-state index in [1.54, 1.807) is 12.3 Å². The summed E-state index contributed by atoms with van der Waals surface area (Å²) in [5, 5.41) is 3.16. The summed E-state index contributed by atoms with van der Waals surface area (Å²) in [5.41, 5.74) is 8.31. The predicted molar refractivity (Wildman–Crippen MR) is 193 cm³/mol. The fourth-order valence-electron chi connectivity index (χ4n) is 5.11. The number of piperidine rings is 1. The van der Waals surface area contributed by atoms with Crippen molar-refractivity contribution >= 4 is 29.7 Å². The number of benzene rings is 1. The van der Waals surface area contributed by atoms with Gasteiger partial charge in [-0.3, -0.25) is 14.4 Å². The summed E-state index contributed by atoms with van der Waals surface area (Å²) in [7, 11) is 1.86. The van der Waals surface area contributed by atoms with E-state index in [0.717, 1.165) is 66.6 Å². The highest BCUT2D eigenvalue weighted by Crippen LogP contribution is 2.53. The van der Waals surface area contributed by atoms with Crippen LogP contribution in [0.25, 0.3) is 11.3 Å². The fraction of sp³-hybridized carbons (Fsp3) is 0.526. The smallest absolute Gasteiger partial charge is 0.204 e. The molecule has 1 saturated carbocycles. The van der Waals surface area contributed by atoms with Crippen LogP contribution < -0.4 is 11.1 Å². The van der Waals surface area contributed by atoms with Gasteiger partial charge in [0.1, 0.15) is 11.6 Å². The van der Waals surface area contributed by atoms with Crippen molar-refractivity contribution in [2.75, 3.05) is 26.7 Å². The quantitative estimate of drug-likeness (QED) is 0.0678. The molecule has 2 aromatic rings. The number of aldehydes is 1. The van der Waals surface area contributed by atoms with E-state index in [1.807, 2.05) is 64.2 Å². The van der Waals surface area contributed by atoms with E-state index < -0.39 is 0 Å². The summed E-state index contributed by atoms with van der Waals surface area (Å²) >= 11 is 0. The molecule has 8 heteroatoms. The molecule has 0 radical (unpaired) electrons. The Morgan fingerprint density at radius 1 is 1.00 bits per heavy atom. The molecule has 2 fully saturated rings. The zero-order chi connectivity index (χ0) is 34.6. The van der Waals surface area contributed by atoms with Crippen LogP contribution >= 0.6 is 0 Å². The van der Waals surface area contributed by atoms with Gasteiger partial charge in [0.05, 0.1) is 11.9 Å². The Balaban J connectivity index is 0.000000973. The minimum atomic E-state index is 0.250. The maximum absolute atomic E-state index is 11.6. The van der Waals surface area contributed by atoms with E-state index in [1.165, 1.54) is 45.3 Å². The number of allylic oxidation sites excluding steroid dienone is 3. The van der Waals surface area contributed by atoms with E-state index in [2.05, 4.69) is 45.7 Å². The number of carbonyl (C=O) groups is 3. The average molecular weight is 634 g/mol. The number of carbonyl (C=O) groups excluding carboxylic acids is 3. The lowest BCUT2D eigenvalue weighted by Crippen LogP contribution is -2.34. The number of nitrogens with one attached hydrogen (secondary N) is 2. The van der Waals surface area contributed by atoms with E-state index in [0.29, 0.717) is 24.2 Å². The molecule has 2 aliphatic rings. The van der Waals surface area contributed by atoms with Gasteiger partial charge in [0.25, 0.3) is 0 Å². The van der Waals surface area contributed by atoms with Crippen LogP contribution in [0.5, 0.6) is 0 Å². The molecule has 0 atom stereocenters. The number of H-pyrrole nitrogens is 1. The Labute approximate surface area is 278 Å². The number of nitrogens with zero attached hydrogens (tertiary/aromatic N) is 2. The van der Waals surface area contributed by atoms with Crippen LogP contribution in [0.4, 0.5) is 0 Å². The second-order valence-corrected chi connectivity index (χ2v) is 11.1. The van der Waals surface area contributed by atoms with Crippen molar-refractivity contribution in [1.82, 2.24) is 20.2 Å². The van der Waals surface area contributed by atoms with Gasteiger partial charge < -0.3 is 20.9 Å². The van der Waals surface area contributed by atoms with Crippen LogP contribution in [0.1, 0.15) is 109 Å². The van der Waals surface area contributed by atoms with E-state index in [9.17, 15) is 9.59 Å². The topological polar surface area (TPSA) is 121 Å². The van der Waals surface area contributed by atoms with Gasteiger partial charge in [-0.2, -0.15) is 0 Å². The van der Waals surface area contributed by atoms with Crippen molar-refractivity contribution in [3.63, 3.8) is 0 Å². The number of primary amides is 1. The van der Waals surface area contributed by atoms with Crippen LogP contribution in [-0.2, 0) is 20.8 Å². The number of aromatic amines is 1. The lowest BCUT2D eigenvalue weighted by Gasteiger charge is -2.30. The molecule has 1 aromatic carbocycles. The minimum Gasteiger partial charge on any atom is -0.388 e. The number of aryl methyl sites for hydroxylation is 1. The highest BCUT2D eigenvalue weighted by molar-refractivity contribution is 6.06. The molecule has 254 valence electrons. The first-order valence-electron chi connectivity index (χ1n) is 16.8. The lowest BCUT2D eigenvalue weighted by molar-refractivity contribution is -0.118. The third-order valence-electron chi connectivity index (χ3n) is 8.18. The number of unbranched alkanes of at least 4 members (excludes halogenated alkanes) is 3. The van der Waals surface area contributed by atoms with Gasteiger partial charge in [-0.05, 0) is 81.3 Å². The molecule has 1 saturated heterocycles. The number of amides is 1. The SMILES string of the molecule is C#C.CC.CCC(=O)CCCCCCc1ncc(/C(C=O)=C/C=C(\NC)c2ccccc2)[nH]1.CCN1CCC2(CC1)CC2.NC=O. The van der Waals surface area contributed by atoms with Gasteiger partial charge >= 0.3 is 0 Å². The van der Waals surface area contributed by atoms with Gasteiger partial charge in [0.2, 0.25) is 6.41 Å². The highest BCUT2D eigenvalue weighted by atomic mass is 16.1. The zero-order valence-electron chi connectivity index (χ0n) is 29.0. The Morgan fingerprint density at radius 2 is 1.61 bits per heavy atom. The molecule has 2 heterocycles. The van der Waals surface area contributed by atoms with Gasteiger partial charge in [0.15, 0.2) is 6.29 Å². The molecule has 1 amide bonds. The summed E-state index contributed by atoms with van der Waals surface area (Å²) in [5.74, 6) is 1.23. The number of hydrogen-bond donors (Lipinski definition) is 3. The summed E-state index contributed by atoms with van der Waals surface area (Å²) in [6.45, 7) is 12.2.